The highest BCUT2D eigenvalue weighted by Crippen LogP contribution is 2.33. The molecule has 0 spiro atoms. The van der Waals surface area contributed by atoms with Crippen molar-refractivity contribution in [3.63, 3.8) is 0 Å². The van der Waals surface area contributed by atoms with Crippen molar-refractivity contribution in [2.75, 3.05) is 25.9 Å². The fourth-order valence-corrected chi connectivity index (χ4v) is 4.31. The Morgan fingerprint density at radius 3 is 2.71 bits per heavy atom. The van der Waals surface area contributed by atoms with Crippen molar-refractivity contribution in [2.24, 2.45) is 4.99 Å². The van der Waals surface area contributed by atoms with Crippen molar-refractivity contribution >= 4 is 17.7 Å². The molecule has 0 unspecified atom stereocenters. The summed E-state index contributed by atoms with van der Waals surface area (Å²) in [5.74, 6) is 2.01. The zero-order valence-corrected chi connectivity index (χ0v) is 17.9. The van der Waals surface area contributed by atoms with Gasteiger partial charge in [-0.1, -0.05) is 24.6 Å². The van der Waals surface area contributed by atoms with Crippen molar-refractivity contribution in [3.05, 3.63) is 30.4 Å². The standard InChI is InChI=1S/C20H33N7S/c1-3-21-19(23-13-16-26-14-6-7-15-26)22-12-8-11-18-24-25-20(28-2)27(18)17-9-4-5-10-17/h6-7,14-15,17H,3-5,8-13,16H2,1-2H3,(H2,21,22,23). The Labute approximate surface area is 172 Å². The number of nitrogens with zero attached hydrogens (tertiary/aromatic N) is 5. The number of aromatic nitrogens is 4. The van der Waals surface area contributed by atoms with Gasteiger partial charge in [-0.3, -0.25) is 4.99 Å². The van der Waals surface area contributed by atoms with Crippen LogP contribution in [0.15, 0.2) is 34.7 Å². The molecule has 1 aliphatic carbocycles. The van der Waals surface area contributed by atoms with E-state index < -0.39 is 0 Å². The monoisotopic (exact) mass is 403 g/mol. The van der Waals surface area contributed by atoms with Gasteiger partial charge in [-0.05, 0) is 44.6 Å². The Balaban J connectivity index is 1.49. The quantitative estimate of drug-likeness (QED) is 0.276. The first kappa shape index (κ1) is 20.8. The lowest BCUT2D eigenvalue weighted by Crippen LogP contribution is -2.38. The molecule has 0 saturated heterocycles. The number of aryl methyl sites for hydroxylation is 1. The largest absolute Gasteiger partial charge is 0.357 e. The average Bonchev–Trinajstić information content (AvgIpc) is 3.46. The van der Waals surface area contributed by atoms with Crippen LogP contribution in [0.3, 0.4) is 0 Å². The Kier molecular flexibility index (Phi) is 8.26. The third-order valence-corrected chi connectivity index (χ3v) is 5.75. The number of aliphatic imine (C=N–C) groups is 1. The van der Waals surface area contributed by atoms with E-state index >= 15 is 0 Å². The minimum absolute atomic E-state index is 0.587. The molecule has 1 saturated carbocycles. The van der Waals surface area contributed by atoms with Crippen LogP contribution in [-0.4, -0.2) is 51.2 Å². The van der Waals surface area contributed by atoms with Crippen LogP contribution in [0.25, 0.3) is 0 Å². The zero-order chi connectivity index (χ0) is 19.6. The first-order chi connectivity index (χ1) is 13.8. The molecular weight excluding hydrogens is 370 g/mol. The molecule has 1 fully saturated rings. The maximum absolute atomic E-state index is 4.72. The van der Waals surface area contributed by atoms with Gasteiger partial charge in [0.25, 0.3) is 0 Å². The third-order valence-electron chi connectivity index (χ3n) is 5.11. The normalized spacial score (nSPS) is 15.3. The van der Waals surface area contributed by atoms with E-state index in [9.17, 15) is 0 Å². The predicted octanol–water partition coefficient (Wildman–Crippen LogP) is 3.10. The van der Waals surface area contributed by atoms with Crippen LogP contribution in [0.2, 0.25) is 0 Å². The summed E-state index contributed by atoms with van der Waals surface area (Å²) in [6, 6.07) is 4.68. The van der Waals surface area contributed by atoms with Gasteiger partial charge in [0, 0.05) is 51.0 Å². The van der Waals surface area contributed by atoms with E-state index in [0.717, 1.165) is 56.0 Å². The summed E-state index contributed by atoms with van der Waals surface area (Å²) >= 11 is 1.70. The van der Waals surface area contributed by atoms with Crippen LogP contribution < -0.4 is 10.6 Å². The molecule has 8 heteroatoms. The van der Waals surface area contributed by atoms with Crippen LogP contribution >= 0.6 is 11.8 Å². The number of hydrogen-bond acceptors (Lipinski definition) is 4. The molecule has 7 nitrogen and oxygen atoms in total. The lowest BCUT2D eigenvalue weighted by atomic mass is 10.2. The van der Waals surface area contributed by atoms with E-state index in [1.165, 1.54) is 25.7 Å². The van der Waals surface area contributed by atoms with E-state index in [0.29, 0.717) is 6.04 Å². The predicted molar refractivity (Wildman–Crippen MR) is 116 cm³/mol. The minimum atomic E-state index is 0.587. The van der Waals surface area contributed by atoms with Gasteiger partial charge >= 0.3 is 0 Å². The smallest absolute Gasteiger partial charge is 0.191 e. The van der Waals surface area contributed by atoms with Gasteiger partial charge in [0.05, 0.1) is 0 Å². The molecular formula is C20H33N7S. The topological polar surface area (TPSA) is 72.1 Å². The molecule has 0 atom stereocenters. The lowest BCUT2D eigenvalue weighted by Gasteiger charge is -2.16. The molecule has 2 heterocycles. The summed E-state index contributed by atoms with van der Waals surface area (Å²) < 4.78 is 4.55. The molecule has 0 aromatic carbocycles. The lowest BCUT2D eigenvalue weighted by molar-refractivity contribution is 0.461. The summed E-state index contributed by atoms with van der Waals surface area (Å²) in [4.78, 5) is 4.72. The van der Waals surface area contributed by atoms with E-state index in [4.69, 9.17) is 4.99 Å². The first-order valence-corrected chi connectivity index (χ1v) is 11.6. The van der Waals surface area contributed by atoms with E-state index in [1.807, 2.05) is 12.1 Å². The molecule has 0 bridgehead atoms. The Bertz CT molecular complexity index is 717. The van der Waals surface area contributed by atoms with Crippen LogP contribution in [-0.2, 0) is 13.0 Å². The van der Waals surface area contributed by atoms with Crippen molar-refractivity contribution in [1.82, 2.24) is 30.0 Å². The molecule has 0 amide bonds. The number of rotatable bonds is 10. The van der Waals surface area contributed by atoms with Crippen LogP contribution in [0.1, 0.15) is 50.9 Å². The highest BCUT2D eigenvalue weighted by molar-refractivity contribution is 7.98. The maximum atomic E-state index is 4.72. The summed E-state index contributed by atoms with van der Waals surface area (Å²) in [6.45, 7) is 5.53. The third kappa shape index (κ3) is 5.77. The summed E-state index contributed by atoms with van der Waals surface area (Å²) in [6.07, 6.45) is 13.3. The van der Waals surface area contributed by atoms with Crippen molar-refractivity contribution in [2.45, 2.75) is 63.2 Å². The van der Waals surface area contributed by atoms with Gasteiger partial charge in [0.1, 0.15) is 5.82 Å². The summed E-state index contributed by atoms with van der Waals surface area (Å²) in [5.41, 5.74) is 0. The van der Waals surface area contributed by atoms with Gasteiger partial charge in [0.2, 0.25) is 0 Å². The molecule has 1 aliphatic rings. The molecule has 154 valence electrons. The van der Waals surface area contributed by atoms with Crippen molar-refractivity contribution < 1.29 is 0 Å². The second kappa shape index (κ2) is 11.1. The molecule has 28 heavy (non-hydrogen) atoms. The maximum Gasteiger partial charge on any atom is 0.191 e. The van der Waals surface area contributed by atoms with E-state index in [-0.39, 0.29) is 0 Å². The molecule has 3 rings (SSSR count). The average molecular weight is 404 g/mol. The highest BCUT2D eigenvalue weighted by atomic mass is 32.2. The molecule has 0 aliphatic heterocycles. The highest BCUT2D eigenvalue weighted by Gasteiger charge is 2.23. The number of thioether (sulfide) groups is 1. The summed E-state index contributed by atoms with van der Waals surface area (Å²) in [5, 5.41) is 16.7. The van der Waals surface area contributed by atoms with Crippen molar-refractivity contribution in [1.29, 1.82) is 0 Å². The minimum Gasteiger partial charge on any atom is -0.357 e. The number of nitrogens with one attached hydrogen (secondary N) is 2. The Morgan fingerprint density at radius 1 is 1.21 bits per heavy atom. The number of guanidine groups is 1. The SMILES string of the molecule is CCNC(=NCCCc1nnc(SC)n1C1CCCC1)NCCn1cccc1. The Hall–Kier alpha value is -1.96. The van der Waals surface area contributed by atoms with Crippen LogP contribution in [0.5, 0.6) is 0 Å². The van der Waals surface area contributed by atoms with E-state index in [2.05, 4.69) is 55.5 Å². The molecule has 2 aromatic rings. The number of hydrogen-bond donors (Lipinski definition) is 2. The summed E-state index contributed by atoms with van der Waals surface area (Å²) in [7, 11) is 0. The van der Waals surface area contributed by atoms with Gasteiger partial charge in [-0.15, -0.1) is 10.2 Å². The first-order valence-electron chi connectivity index (χ1n) is 10.4. The second-order valence-electron chi connectivity index (χ2n) is 7.12. The fraction of sp³-hybridized carbons (Fsp3) is 0.650. The van der Waals surface area contributed by atoms with Crippen LogP contribution in [0, 0.1) is 0 Å². The fourth-order valence-electron chi connectivity index (χ4n) is 3.74. The van der Waals surface area contributed by atoms with Gasteiger partial charge in [0.15, 0.2) is 11.1 Å². The Morgan fingerprint density at radius 2 is 2.00 bits per heavy atom. The molecule has 0 radical (unpaired) electrons. The molecule has 2 N–H and O–H groups in total. The van der Waals surface area contributed by atoms with Gasteiger partial charge < -0.3 is 19.8 Å². The van der Waals surface area contributed by atoms with E-state index in [1.54, 1.807) is 11.8 Å². The van der Waals surface area contributed by atoms with Crippen molar-refractivity contribution in [3.8, 4) is 0 Å². The second-order valence-corrected chi connectivity index (χ2v) is 7.90. The zero-order valence-electron chi connectivity index (χ0n) is 17.1. The molecule has 2 aromatic heterocycles. The van der Waals surface area contributed by atoms with Crippen LogP contribution in [0.4, 0.5) is 0 Å². The van der Waals surface area contributed by atoms with Gasteiger partial charge in [-0.2, -0.15) is 0 Å². The van der Waals surface area contributed by atoms with Gasteiger partial charge in [-0.25, -0.2) is 0 Å².